The van der Waals surface area contributed by atoms with Gasteiger partial charge in [0.1, 0.15) is 6.54 Å². The van der Waals surface area contributed by atoms with Gasteiger partial charge in [-0.25, -0.2) is 4.68 Å². The second-order valence-corrected chi connectivity index (χ2v) is 5.18. The zero-order chi connectivity index (χ0) is 14.0. The van der Waals surface area contributed by atoms with Crippen molar-refractivity contribution in [1.82, 2.24) is 30.4 Å². The highest BCUT2D eigenvalue weighted by molar-refractivity contribution is 8.00. The second-order valence-electron chi connectivity index (χ2n) is 2.99. The van der Waals surface area contributed by atoms with Gasteiger partial charge >= 0.3 is 12.1 Å². The number of carboxylic acid groups (broad SMARTS) is 1. The molecular formula is C6H3F3N6O2S2. The fraction of sp³-hybridized carbons (Fsp3) is 0.333. The molecule has 8 nitrogen and oxygen atoms in total. The van der Waals surface area contributed by atoms with E-state index in [0.29, 0.717) is 23.1 Å². The minimum absolute atomic E-state index is 0.0206. The molecule has 0 aromatic carbocycles. The molecule has 2 aromatic heterocycles. The van der Waals surface area contributed by atoms with E-state index >= 15 is 0 Å². The van der Waals surface area contributed by atoms with Crippen LogP contribution in [-0.2, 0) is 17.5 Å². The predicted octanol–water partition coefficient (Wildman–Crippen LogP) is 0.779. The zero-order valence-corrected chi connectivity index (χ0v) is 10.3. The molecule has 0 spiro atoms. The van der Waals surface area contributed by atoms with E-state index in [1.807, 2.05) is 0 Å². The molecule has 0 aliphatic carbocycles. The Balaban J connectivity index is 2.15. The molecule has 19 heavy (non-hydrogen) atoms. The molecule has 0 radical (unpaired) electrons. The maximum atomic E-state index is 12.3. The molecule has 1 N–H and O–H groups in total. The summed E-state index contributed by atoms with van der Waals surface area (Å²) in [7, 11) is 0. The van der Waals surface area contributed by atoms with Crippen LogP contribution in [0.5, 0.6) is 0 Å². The lowest BCUT2D eigenvalue weighted by atomic mass is 10.7. The zero-order valence-electron chi connectivity index (χ0n) is 8.70. The highest BCUT2D eigenvalue weighted by Crippen LogP contribution is 2.36. The van der Waals surface area contributed by atoms with Crippen LogP contribution in [0.25, 0.3) is 0 Å². The Labute approximate surface area is 110 Å². The van der Waals surface area contributed by atoms with Crippen LogP contribution >= 0.6 is 23.1 Å². The quantitative estimate of drug-likeness (QED) is 0.882. The summed E-state index contributed by atoms with van der Waals surface area (Å²) in [5, 5.41) is 24.0. The Morgan fingerprint density at radius 1 is 1.37 bits per heavy atom. The van der Waals surface area contributed by atoms with Crippen molar-refractivity contribution < 1.29 is 23.1 Å². The minimum atomic E-state index is -4.57. The van der Waals surface area contributed by atoms with Gasteiger partial charge in [-0.3, -0.25) is 4.79 Å². The van der Waals surface area contributed by atoms with Crippen LogP contribution in [0.2, 0.25) is 0 Å². The van der Waals surface area contributed by atoms with Gasteiger partial charge in [0.25, 0.3) is 0 Å². The summed E-state index contributed by atoms with van der Waals surface area (Å²) in [5.74, 6) is -1.18. The van der Waals surface area contributed by atoms with Crippen LogP contribution in [0.1, 0.15) is 5.01 Å². The summed E-state index contributed by atoms with van der Waals surface area (Å²) in [5.41, 5.74) is 0. The number of aliphatic carboxylic acids is 1. The number of aromatic nitrogens is 6. The fourth-order valence-electron chi connectivity index (χ4n) is 0.941. The molecule has 0 saturated carbocycles. The van der Waals surface area contributed by atoms with Crippen molar-refractivity contribution in [2.24, 2.45) is 0 Å². The summed E-state index contributed by atoms with van der Waals surface area (Å²) < 4.78 is 37.8. The third kappa shape index (κ3) is 3.37. The lowest BCUT2D eigenvalue weighted by Crippen LogP contribution is -2.11. The van der Waals surface area contributed by atoms with Crippen molar-refractivity contribution in [2.75, 3.05) is 0 Å². The number of tetrazole rings is 1. The number of alkyl halides is 3. The summed E-state index contributed by atoms with van der Waals surface area (Å²) in [6.45, 7) is -0.500. The molecule has 0 aliphatic rings. The van der Waals surface area contributed by atoms with Gasteiger partial charge in [0.2, 0.25) is 10.2 Å². The summed E-state index contributed by atoms with van der Waals surface area (Å²) >= 11 is 1.03. The number of hydrogen-bond acceptors (Lipinski definition) is 8. The Morgan fingerprint density at radius 2 is 2.11 bits per heavy atom. The van der Waals surface area contributed by atoms with Crippen molar-refractivity contribution in [3.63, 3.8) is 0 Å². The van der Waals surface area contributed by atoms with Crippen molar-refractivity contribution in [1.29, 1.82) is 0 Å². The normalized spacial score (nSPS) is 11.7. The van der Waals surface area contributed by atoms with Gasteiger partial charge < -0.3 is 5.11 Å². The molecule has 0 aliphatic heterocycles. The van der Waals surface area contributed by atoms with Gasteiger partial charge in [-0.2, -0.15) is 13.2 Å². The minimum Gasteiger partial charge on any atom is -0.480 e. The van der Waals surface area contributed by atoms with Crippen LogP contribution in [0.3, 0.4) is 0 Å². The van der Waals surface area contributed by atoms with Crippen LogP contribution in [0, 0.1) is 0 Å². The van der Waals surface area contributed by atoms with E-state index in [4.69, 9.17) is 5.11 Å². The average Bonchev–Trinajstić information content (AvgIpc) is 2.88. The van der Waals surface area contributed by atoms with E-state index in [-0.39, 0.29) is 9.50 Å². The van der Waals surface area contributed by atoms with E-state index < -0.39 is 23.7 Å². The molecule has 0 saturated heterocycles. The number of rotatable bonds is 4. The number of nitrogens with zero attached hydrogens (tertiary/aromatic N) is 6. The molecular weight excluding hydrogens is 309 g/mol. The van der Waals surface area contributed by atoms with Gasteiger partial charge in [-0.15, -0.1) is 15.3 Å². The first-order valence-corrected chi connectivity index (χ1v) is 6.06. The van der Waals surface area contributed by atoms with E-state index in [9.17, 15) is 18.0 Å². The average molecular weight is 312 g/mol. The van der Waals surface area contributed by atoms with Gasteiger partial charge in [-0.1, -0.05) is 11.3 Å². The number of carbonyl (C=O) groups is 1. The highest BCUT2D eigenvalue weighted by Gasteiger charge is 2.35. The van der Waals surface area contributed by atoms with Crippen LogP contribution < -0.4 is 0 Å². The molecule has 0 fully saturated rings. The molecule has 2 aromatic rings. The number of hydrogen-bond donors (Lipinski definition) is 1. The highest BCUT2D eigenvalue weighted by atomic mass is 32.2. The van der Waals surface area contributed by atoms with Crippen LogP contribution in [0.4, 0.5) is 13.2 Å². The van der Waals surface area contributed by atoms with Crippen molar-refractivity contribution in [2.45, 2.75) is 22.2 Å². The van der Waals surface area contributed by atoms with Crippen LogP contribution in [0.15, 0.2) is 9.50 Å². The smallest absolute Gasteiger partial charge is 0.445 e. The molecule has 0 atom stereocenters. The molecule has 0 bridgehead atoms. The summed E-state index contributed by atoms with van der Waals surface area (Å²) in [6.07, 6.45) is -4.57. The lowest BCUT2D eigenvalue weighted by molar-refractivity contribution is -0.139. The monoisotopic (exact) mass is 312 g/mol. The van der Waals surface area contributed by atoms with Gasteiger partial charge in [0.15, 0.2) is 4.34 Å². The Kier molecular flexibility index (Phi) is 3.66. The van der Waals surface area contributed by atoms with Crippen molar-refractivity contribution >= 4 is 29.1 Å². The van der Waals surface area contributed by atoms with Crippen LogP contribution in [-0.4, -0.2) is 41.5 Å². The third-order valence-corrected chi connectivity index (χ3v) is 3.61. The molecule has 2 rings (SSSR count). The lowest BCUT2D eigenvalue weighted by Gasteiger charge is -1.98. The maximum absolute atomic E-state index is 12.3. The van der Waals surface area contributed by atoms with Gasteiger partial charge in [-0.05, 0) is 22.2 Å². The van der Waals surface area contributed by atoms with Crippen molar-refractivity contribution in [3.8, 4) is 0 Å². The van der Waals surface area contributed by atoms with E-state index in [0.717, 1.165) is 4.68 Å². The molecule has 0 amide bonds. The number of carboxylic acids is 1. The predicted molar refractivity (Wildman–Crippen MR) is 54.5 cm³/mol. The van der Waals surface area contributed by atoms with Crippen molar-refractivity contribution in [3.05, 3.63) is 5.01 Å². The first-order valence-electron chi connectivity index (χ1n) is 4.43. The topological polar surface area (TPSA) is 107 Å². The Hall–Kier alpha value is -1.76. The molecule has 13 heteroatoms. The summed E-state index contributed by atoms with van der Waals surface area (Å²) in [4.78, 5) is 10.5. The third-order valence-electron chi connectivity index (χ3n) is 1.61. The fourth-order valence-corrected chi connectivity index (χ4v) is 2.53. The second kappa shape index (κ2) is 5.08. The maximum Gasteiger partial charge on any atom is 0.445 e. The van der Waals surface area contributed by atoms with Gasteiger partial charge in [0, 0.05) is 0 Å². The van der Waals surface area contributed by atoms with E-state index in [2.05, 4.69) is 25.7 Å². The largest absolute Gasteiger partial charge is 0.480 e. The standard InChI is InChI=1S/C6H3F3N6O2S2/c7-6(8,9)3-10-12-5(18-3)19-4-11-13-14-15(4)1-2(16)17/h1H2,(H,16,17). The Morgan fingerprint density at radius 3 is 2.68 bits per heavy atom. The first-order chi connectivity index (χ1) is 8.86. The van der Waals surface area contributed by atoms with E-state index in [1.165, 1.54) is 0 Å². The summed E-state index contributed by atoms with van der Waals surface area (Å²) in [6, 6.07) is 0. The molecule has 0 unspecified atom stereocenters. The molecule has 102 valence electrons. The molecule has 2 heterocycles. The SMILES string of the molecule is O=C(O)Cn1nnnc1Sc1nnc(C(F)(F)F)s1. The van der Waals surface area contributed by atoms with E-state index in [1.54, 1.807) is 0 Å². The van der Waals surface area contributed by atoms with Gasteiger partial charge in [0.05, 0.1) is 0 Å². The Bertz CT molecular complexity index is 596. The first kappa shape index (κ1) is 13.7. The number of halogens is 3.